The molecule has 9 nitrogen and oxygen atoms in total. The molecule has 11 heteroatoms. The predicted octanol–water partition coefficient (Wildman–Crippen LogP) is 3.73. The van der Waals surface area contributed by atoms with Crippen molar-refractivity contribution in [2.45, 2.75) is 42.7 Å². The van der Waals surface area contributed by atoms with E-state index in [0.717, 1.165) is 5.56 Å². The number of halogens is 1. The molecule has 0 radical (unpaired) electrons. The van der Waals surface area contributed by atoms with Gasteiger partial charge in [0.25, 0.3) is 5.91 Å². The highest BCUT2D eigenvalue weighted by Gasteiger charge is 2.50. The van der Waals surface area contributed by atoms with E-state index in [2.05, 4.69) is 10.9 Å². The first-order chi connectivity index (χ1) is 19.7. The summed E-state index contributed by atoms with van der Waals surface area (Å²) in [5.74, 6) is 0.0781. The zero-order valence-electron chi connectivity index (χ0n) is 22.8. The molecule has 0 saturated carbocycles. The second kappa shape index (κ2) is 14.0. The summed E-state index contributed by atoms with van der Waals surface area (Å²) < 4.78 is 37.9. The number of nitrogens with zero attached hydrogens (tertiary/aromatic N) is 1. The van der Waals surface area contributed by atoms with Crippen LogP contribution in [0.25, 0.3) is 0 Å². The summed E-state index contributed by atoms with van der Waals surface area (Å²) in [5.41, 5.74) is 5.80. The molecule has 218 valence electrons. The highest BCUT2D eigenvalue weighted by atomic mass is 35.5. The maximum absolute atomic E-state index is 13.7. The van der Waals surface area contributed by atoms with E-state index in [4.69, 9.17) is 31.2 Å². The number of aliphatic hydroxyl groups is 1. The molecule has 1 heterocycles. The lowest BCUT2D eigenvalue weighted by Gasteiger charge is -2.28. The van der Waals surface area contributed by atoms with Gasteiger partial charge in [-0.3, -0.25) is 10.2 Å². The summed E-state index contributed by atoms with van der Waals surface area (Å²) in [7, 11) is -3.68. The monoisotopic (exact) mass is 599 g/mol. The lowest BCUT2D eigenvalue weighted by atomic mass is 9.90. The Hall–Kier alpha value is -3.44. The van der Waals surface area contributed by atoms with E-state index < -0.39 is 27.4 Å². The van der Waals surface area contributed by atoms with Gasteiger partial charge in [0.05, 0.1) is 17.3 Å². The van der Waals surface area contributed by atoms with Gasteiger partial charge in [0.2, 0.25) is 5.90 Å². The summed E-state index contributed by atoms with van der Waals surface area (Å²) >= 11 is 6.06. The molecular weight excluding hydrogens is 566 g/mol. The Morgan fingerprint density at radius 1 is 1.10 bits per heavy atom. The van der Waals surface area contributed by atoms with Crippen LogP contribution in [0.1, 0.15) is 30.9 Å². The molecule has 0 unspecified atom stereocenters. The van der Waals surface area contributed by atoms with E-state index in [1.807, 2.05) is 18.2 Å². The zero-order chi connectivity index (χ0) is 29.3. The number of hydrazine groups is 1. The van der Waals surface area contributed by atoms with Gasteiger partial charge in [0.15, 0.2) is 15.4 Å². The van der Waals surface area contributed by atoms with E-state index in [-0.39, 0.29) is 29.6 Å². The van der Waals surface area contributed by atoms with Crippen LogP contribution in [0.3, 0.4) is 0 Å². The maximum atomic E-state index is 13.7. The van der Waals surface area contributed by atoms with Crippen molar-refractivity contribution in [2.24, 2.45) is 4.99 Å². The molecule has 0 spiro atoms. The van der Waals surface area contributed by atoms with Crippen LogP contribution in [0.5, 0.6) is 5.75 Å². The SMILES string of the molecule is C[C@@H]1OC(c2ccc(OCCCO)cc2)=N[C@]1(CCS(=O)(=O)c1ccccc1)C(=O)NNCCc1cccc(Cl)c1. The molecule has 0 aliphatic carbocycles. The third-order valence-electron chi connectivity index (χ3n) is 6.81. The van der Waals surface area contributed by atoms with Crippen molar-refractivity contribution >= 4 is 33.2 Å². The smallest absolute Gasteiger partial charge is 0.266 e. The van der Waals surface area contributed by atoms with E-state index in [1.54, 1.807) is 55.5 Å². The van der Waals surface area contributed by atoms with Gasteiger partial charge in [-0.2, -0.15) is 0 Å². The molecule has 1 aliphatic heterocycles. The number of benzene rings is 3. The van der Waals surface area contributed by atoms with Crippen molar-refractivity contribution < 1.29 is 27.8 Å². The lowest BCUT2D eigenvalue weighted by molar-refractivity contribution is -0.129. The molecule has 41 heavy (non-hydrogen) atoms. The Balaban J connectivity index is 1.52. The summed E-state index contributed by atoms with van der Waals surface area (Å²) in [4.78, 5) is 18.5. The lowest BCUT2D eigenvalue weighted by Crippen LogP contribution is -2.55. The number of hydrogen-bond acceptors (Lipinski definition) is 8. The first-order valence-electron chi connectivity index (χ1n) is 13.4. The van der Waals surface area contributed by atoms with Gasteiger partial charge in [-0.1, -0.05) is 41.9 Å². The van der Waals surface area contributed by atoms with Crippen LogP contribution in [-0.2, 0) is 25.8 Å². The van der Waals surface area contributed by atoms with Gasteiger partial charge in [-0.05, 0) is 73.9 Å². The molecule has 3 aromatic rings. The van der Waals surface area contributed by atoms with Gasteiger partial charge < -0.3 is 14.6 Å². The third-order valence-corrected chi connectivity index (χ3v) is 8.78. The summed E-state index contributed by atoms with van der Waals surface area (Å²) in [6.07, 6.45) is 0.313. The molecule has 0 bridgehead atoms. The largest absolute Gasteiger partial charge is 0.494 e. The maximum Gasteiger partial charge on any atom is 0.266 e. The quantitative estimate of drug-likeness (QED) is 0.190. The number of ether oxygens (including phenoxy) is 2. The molecule has 3 N–H and O–H groups in total. The number of aliphatic hydroxyl groups excluding tert-OH is 1. The normalized spacial score (nSPS) is 18.4. The van der Waals surface area contributed by atoms with Crippen molar-refractivity contribution in [1.82, 2.24) is 10.9 Å². The highest BCUT2D eigenvalue weighted by Crippen LogP contribution is 2.33. The van der Waals surface area contributed by atoms with Crippen LogP contribution in [0.2, 0.25) is 5.02 Å². The first kappa shape index (κ1) is 30.5. The van der Waals surface area contributed by atoms with E-state index in [9.17, 15) is 13.2 Å². The number of aliphatic imine (C=N–C) groups is 1. The second-order valence-electron chi connectivity index (χ2n) is 9.69. The molecule has 2 atom stereocenters. The predicted molar refractivity (Wildman–Crippen MR) is 158 cm³/mol. The number of carbonyl (C=O) groups is 1. The fraction of sp³-hybridized carbons (Fsp3) is 0.333. The Morgan fingerprint density at radius 2 is 1.85 bits per heavy atom. The van der Waals surface area contributed by atoms with Crippen LogP contribution in [0.15, 0.2) is 88.8 Å². The summed E-state index contributed by atoms with van der Waals surface area (Å²) in [6.45, 7) is 2.56. The second-order valence-corrected chi connectivity index (χ2v) is 12.2. The Bertz CT molecular complexity index is 1450. The van der Waals surface area contributed by atoms with Crippen LogP contribution in [-0.4, -0.2) is 62.5 Å². The van der Waals surface area contributed by atoms with E-state index in [1.165, 1.54) is 12.1 Å². The van der Waals surface area contributed by atoms with E-state index in [0.29, 0.717) is 42.3 Å². The van der Waals surface area contributed by atoms with Crippen LogP contribution < -0.4 is 15.6 Å². The fourth-order valence-corrected chi connectivity index (χ4v) is 6.04. The van der Waals surface area contributed by atoms with Gasteiger partial charge in [-0.25, -0.2) is 18.8 Å². The Kier molecular flexibility index (Phi) is 10.4. The average Bonchev–Trinajstić information content (AvgIpc) is 3.32. The van der Waals surface area contributed by atoms with Gasteiger partial charge in [0, 0.05) is 30.2 Å². The molecule has 1 aliphatic rings. The number of rotatable bonds is 14. The Labute approximate surface area is 245 Å². The molecule has 1 amide bonds. The third kappa shape index (κ3) is 7.85. The van der Waals surface area contributed by atoms with Crippen molar-refractivity contribution in [3.63, 3.8) is 0 Å². The molecular formula is C30H34ClN3O6S. The molecule has 0 aromatic heterocycles. The van der Waals surface area contributed by atoms with Crippen LogP contribution >= 0.6 is 11.6 Å². The minimum Gasteiger partial charge on any atom is -0.494 e. The first-order valence-corrected chi connectivity index (χ1v) is 15.4. The van der Waals surface area contributed by atoms with Crippen molar-refractivity contribution in [1.29, 1.82) is 0 Å². The standard InChI is InChI=1S/C30H34ClN3O6S/c1-22-30(16-20-41(37,38)27-9-3-2-4-10-27,29(36)34-32-17-15-23-7-5-8-25(31)21-23)33-28(40-22)24-11-13-26(14-12-24)39-19-6-18-35/h2-5,7-14,21-22,32,35H,6,15-20H2,1H3,(H,34,36)/t22-,30-/m0/s1. The summed E-state index contributed by atoms with van der Waals surface area (Å²) in [5, 5.41) is 9.58. The Morgan fingerprint density at radius 3 is 2.56 bits per heavy atom. The fourth-order valence-electron chi connectivity index (χ4n) is 4.44. The van der Waals surface area contributed by atoms with Crippen molar-refractivity contribution in [3.05, 3.63) is 95.0 Å². The van der Waals surface area contributed by atoms with Crippen molar-refractivity contribution in [3.8, 4) is 5.75 Å². The van der Waals surface area contributed by atoms with Crippen molar-refractivity contribution in [2.75, 3.05) is 25.5 Å². The number of hydrogen-bond donors (Lipinski definition) is 3. The van der Waals surface area contributed by atoms with Gasteiger partial charge >= 0.3 is 0 Å². The van der Waals surface area contributed by atoms with Gasteiger partial charge in [0.1, 0.15) is 11.9 Å². The molecule has 3 aromatic carbocycles. The van der Waals surface area contributed by atoms with E-state index >= 15 is 0 Å². The minimum atomic E-state index is -3.68. The molecule has 0 saturated heterocycles. The minimum absolute atomic E-state index is 0.0419. The van der Waals surface area contributed by atoms with Gasteiger partial charge in [-0.15, -0.1) is 0 Å². The topological polar surface area (TPSA) is 126 Å². The van der Waals surface area contributed by atoms with Crippen LogP contribution in [0, 0.1) is 0 Å². The molecule has 4 rings (SSSR count). The molecule has 0 fully saturated rings. The number of carbonyl (C=O) groups excluding carboxylic acids is 1. The number of amides is 1. The zero-order valence-corrected chi connectivity index (χ0v) is 24.3. The number of sulfone groups is 1. The average molecular weight is 600 g/mol. The number of nitrogens with one attached hydrogen (secondary N) is 2. The van der Waals surface area contributed by atoms with Crippen LogP contribution in [0.4, 0.5) is 0 Å². The highest BCUT2D eigenvalue weighted by molar-refractivity contribution is 7.91. The summed E-state index contributed by atoms with van der Waals surface area (Å²) in [6, 6.07) is 22.6.